The van der Waals surface area contributed by atoms with E-state index in [1.54, 1.807) is 29.2 Å². The lowest BCUT2D eigenvalue weighted by molar-refractivity contribution is -0.130. The molecule has 0 bridgehead atoms. The molecule has 0 aromatic heterocycles. The van der Waals surface area contributed by atoms with Crippen molar-refractivity contribution in [3.05, 3.63) is 35.4 Å². The number of likely N-dealkylation sites (tertiary alicyclic amines) is 1. The smallest absolute Gasteiger partial charge is 0.262 e. The Balaban J connectivity index is 1.94. The van der Waals surface area contributed by atoms with Gasteiger partial charge in [-0.3, -0.25) is 19.3 Å². The Morgan fingerprint density at radius 3 is 2.05 bits per heavy atom. The predicted octanol–water partition coefficient (Wildman–Crippen LogP) is 1.19. The molecule has 0 aliphatic carbocycles. The maximum atomic E-state index is 12.6. The van der Waals surface area contributed by atoms with Gasteiger partial charge in [0.25, 0.3) is 11.8 Å². The summed E-state index contributed by atoms with van der Waals surface area (Å²) in [6, 6.07) is 8.76. The third kappa shape index (κ3) is 1.90. The Morgan fingerprint density at radius 2 is 1.64 bits per heavy atom. The van der Waals surface area contributed by atoms with E-state index in [1.807, 2.05) is 0 Å². The number of hydrogen-bond acceptors (Lipinski definition) is 4. The van der Waals surface area contributed by atoms with Gasteiger partial charge in [0.1, 0.15) is 5.54 Å². The second-order valence-electron chi connectivity index (χ2n) is 5.64. The van der Waals surface area contributed by atoms with Gasteiger partial charge in [0, 0.05) is 32.9 Å². The topological polar surface area (TPSA) is 81.5 Å². The monoisotopic (exact) mass is 297 g/mol. The minimum atomic E-state index is -1.17. The lowest BCUT2D eigenvalue weighted by Gasteiger charge is -2.41. The van der Waals surface area contributed by atoms with Crippen LogP contribution in [0.1, 0.15) is 40.5 Å². The molecular formula is C16H15N3O3. The largest absolute Gasteiger partial charge is 0.343 e. The number of amides is 3. The summed E-state index contributed by atoms with van der Waals surface area (Å²) in [4.78, 5) is 39.3. The normalized spacial score (nSPS) is 19.8. The number of piperidine rings is 1. The minimum absolute atomic E-state index is 0.0612. The van der Waals surface area contributed by atoms with Crippen LogP contribution in [0, 0.1) is 11.3 Å². The van der Waals surface area contributed by atoms with Crippen molar-refractivity contribution in [1.82, 2.24) is 9.80 Å². The first kappa shape index (κ1) is 14.3. The van der Waals surface area contributed by atoms with Gasteiger partial charge >= 0.3 is 0 Å². The van der Waals surface area contributed by atoms with E-state index in [-0.39, 0.29) is 18.7 Å². The van der Waals surface area contributed by atoms with Gasteiger partial charge in [-0.25, -0.2) is 0 Å². The zero-order valence-corrected chi connectivity index (χ0v) is 12.2. The first-order chi connectivity index (χ1) is 10.5. The van der Waals surface area contributed by atoms with Crippen LogP contribution in [-0.2, 0) is 4.79 Å². The van der Waals surface area contributed by atoms with Crippen LogP contribution in [0.2, 0.25) is 0 Å². The SMILES string of the molecule is CC(=O)N1CCC(C#N)(N2C(=O)c3ccccc3C2=O)CC1. The fourth-order valence-corrected chi connectivity index (χ4v) is 3.15. The Bertz CT molecular complexity index is 677. The molecule has 0 radical (unpaired) electrons. The molecule has 1 saturated heterocycles. The van der Waals surface area contributed by atoms with Crippen LogP contribution in [0.25, 0.3) is 0 Å². The molecule has 112 valence electrons. The van der Waals surface area contributed by atoms with Crippen LogP contribution >= 0.6 is 0 Å². The zero-order valence-electron chi connectivity index (χ0n) is 12.2. The fourth-order valence-electron chi connectivity index (χ4n) is 3.15. The molecule has 0 N–H and O–H groups in total. The molecule has 3 rings (SSSR count). The Morgan fingerprint density at radius 1 is 1.14 bits per heavy atom. The predicted molar refractivity (Wildman–Crippen MR) is 76.8 cm³/mol. The van der Waals surface area contributed by atoms with Gasteiger partial charge in [-0.15, -0.1) is 0 Å². The van der Waals surface area contributed by atoms with Crippen molar-refractivity contribution < 1.29 is 14.4 Å². The molecule has 1 fully saturated rings. The third-order valence-electron chi connectivity index (χ3n) is 4.47. The van der Waals surface area contributed by atoms with Crippen LogP contribution < -0.4 is 0 Å². The van der Waals surface area contributed by atoms with Crippen LogP contribution in [-0.4, -0.2) is 46.1 Å². The molecule has 6 nitrogen and oxygen atoms in total. The van der Waals surface area contributed by atoms with E-state index in [0.717, 1.165) is 4.90 Å². The standard InChI is InChI=1S/C16H15N3O3/c1-11(20)18-8-6-16(10-17,7-9-18)19-14(21)12-4-2-3-5-13(12)15(19)22/h2-5H,6-9H2,1H3. The highest BCUT2D eigenvalue weighted by Gasteiger charge is 2.50. The highest BCUT2D eigenvalue weighted by Crippen LogP contribution is 2.35. The number of nitriles is 1. The molecule has 2 aliphatic rings. The van der Waals surface area contributed by atoms with Gasteiger partial charge in [0.2, 0.25) is 5.91 Å². The fraction of sp³-hybridized carbons (Fsp3) is 0.375. The van der Waals surface area contributed by atoms with Gasteiger partial charge in [0.15, 0.2) is 0 Å². The number of hydrogen-bond donors (Lipinski definition) is 0. The van der Waals surface area contributed by atoms with E-state index in [0.29, 0.717) is 24.2 Å². The summed E-state index contributed by atoms with van der Waals surface area (Å²) in [5, 5.41) is 9.64. The minimum Gasteiger partial charge on any atom is -0.343 e. The van der Waals surface area contributed by atoms with E-state index >= 15 is 0 Å². The Hall–Kier alpha value is -2.68. The molecule has 2 heterocycles. The van der Waals surface area contributed by atoms with Crippen molar-refractivity contribution in [2.75, 3.05) is 13.1 Å². The van der Waals surface area contributed by atoms with Crippen LogP contribution in [0.15, 0.2) is 24.3 Å². The van der Waals surface area contributed by atoms with Crippen molar-refractivity contribution in [3.8, 4) is 6.07 Å². The molecule has 22 heavy (non-hydrogen) atoms. The van der Waals surface area contributed by atoms with Crippen LogP contribution in [0.4, 0.5) is 0 Å². The summed E-state index contributed by atoms with van der Waals surface area (Å²) in [6.45, 7) is 2.22. The Kier molecular flexibility index (Phi) is 3.21. The average Bonchev–Trinajstić information content (AvgIpc) is 2.80. The zero-order chi connectivity index (χ0) is 15.9. The lowest BCUT2D eigenvalue weighted by Crippen LogP contribution is -2.57. The third-order valence-corrected chi connectivity index (χ3v) is 4.47. The number of imide groups is 1. The molecule has 0 saturated carbocycles. The van der Waals surface area contributed by atoms with Crippen molar-refractivity contribution in [3.63, 3.8) is 0 Å². The average molecular weight is 297 g/mol. The van der Waals surface area contributed by atoms with Gasteiger partial charge < -0.3 is 4.90 Å². The molecule has 3 amide bonds. The highest BCUT2D eigenvalue weighted by atomic mass is 16.2. The van der Waals surface area contributed by atoms with Gasteiger partial charge in [0.05, 0.1) is 17.2 Å². The van der Waals surface area contributed by atoms with E-state index in [2.05, 4.69) is 6.07 Å². The number of rotatable bonds is 1. The summed E-state index contributed by atoms with van der Waals surface area (Å²) in [5.41, 5.74) is -0.480. The maximum Gasteiger partial charge on any atom is 0.262 e. The number of nitrogens with zero attached hydrogens (tertiary/aromatic N) is 3. The molecule has 6 heteroatoms. The maximum absolute atomic E-state index is 12.6. The Labute approximate surface area is 127 Å². The summed E-state index contributed by atoms with van der Waals surface area (Å²) in [6.07, 6.45) is 0.573. The first-order valence-electron chi connectivity index (χ1n) is 7.15. The molecule has 2 aliphatic heterocycles. The first-order valence-corrected chi connectivity index (χ1v) is 7.15. The van der Waals surface area contributed by atoms with Crippen molar-refractivity contribution in [1.29, 1.82) is 5.26 Å². The number of carbonyl (C=O) groups is 3. The summed E-state index contributed by atoms with van der Waals surface area (Å²) in [7, 11) is 0. The second kappa shape index (κ2) is 4.95. The molecule has 1 aromatic rings. The summed E-state index contributed by atoms with van der Waals surface area (Å²) in [5.74, 6) is -0.897. The van der Waals surface area contributed by atoms with E-state index in [9.17, 15) is 19.6 Å². The second-order valence-corrected chi connectivity index (χ2v) is 5.64. The molecule has 1 aromatic carbocycles. The number of carbonyl (C=O) groups excluding carboxylic acids is 3. The quantitative estimate of drug-likeness (QED) is 0.729. The van der Waals surface area contributed by atoms with E-state index < -0.39 is 17.4 Å². The van der Waals surface area contributed by atoms with Crippen LogP contribution in [0.5, 0.6) is 0 Å². The molecule has 0 unspecified atom stereocenters. The molecule has 0 spiro atoms. The van der Waals surface area contributed by atoms with Crippen molar-refractivity contribution >= 4 is 17.7 Å². The molecular weight excluding hydrogens is 282 g/mol. The molecule has 0 atom stereocenters. The van der Waals surface area contributed by atoms with E-state index in [4.69, 9.17) is 0 Å². The van der Waals surface area contributed by atoms with Gasteiger partial charge in [-0.05, 0) is 12.1 Å². The van der Waals surface area contributed by atoms with Gasteiger partial charge in [-0.2, -0.15) is 5.26 Å². The highest BCUT2D eigenvalue weighted by molar-refractivity contribution is 6.22. The summed E-state index contributed by atoms with van der Waals surface area (Å²) >= 11 is 0. The lowest BCUT2D eigenvalue weighted by atomic mass is 9.87. The summed E-state index contributed by atoms with van der Waals surface area (Å²) < 4.78 is 0. The van der Waals surface area contributed by atoms with Crippen molar-refractivity contribution in [2.24, 2.45) is 0 Å². The van der Waals surface area contributed by atoms with Crippen LogP contribution in [0.3, 0.4) is 0 Å². The van der Waals surface area contributed by atoms with Crippen molar-refractivity contribution in [2.45, 2.75) is 25.3 Å². The van der Waals surface area contributed by atoms with E-state index in [1.165, 1.54) is 6.92 Å². The number of fused-ring (bicyclic) bond motifs is 1. The van der Waals surface area contributed by atoms with Gasteiger partial charge in [-0.1, -0.05) is 12.1 Å². The number of benzene rings is 1.